The number of carbonyl (C=O) groups excluding carboxylic acids is 1. The predicted molar refractivity (Wildman–Crippen MR) is 100 cm³/mol. The molecule has 0 radical (unpaired) electrons. The molecule has 0 unspecified atom stereocenters. The van der Waals surface area contributed by atoms with Gasteiger partial charge in [0.05, 0.1) is 6.04 Å². The third kappa shape index (κ3) is 6.08. The highest BCUT2D eigenvalue weighted by Crippen LogP contribution is 2.32. The number of hydrogen-bond acceptors (Lipinski definition) is 4. The lowest BCUT2D eigenvalue weighted by atomic mass is 9.79. The maximum absolute atomic E-state index is 12.2. The van der Waals surface area contributed by atoms with E-state index in [-0.39, 0.29) is 36.8 Å². The largest absolute Gasteiger partial charge is 0.341 e. The van der Waals surface area contributed by atoms with Gasteiger partial charge in [0.1, 0.15) is 0 Å². The Morgan fingerprint density at radius 2 is 1.55 bits per heavy atom. The smallest absolute Gasteiger partial charge is 0.240 e. The number of rotatable bonds is 4. The minimum Gasteiger partial charge on any atom is -0.341 e. The lowest BCUT2D eigenvalue weighted by Crippen LogP contribution is -2.49. The van der Waals surface area contributed by atoms with Gasteiger partial charge in [0, 0.05) is 18.8 Å². The third-order valence-corrected chi connectivity index (χ3v) is 5.64. The Morgan fingerprint density at radius 3 is 2.00 bits per heavy atom. The molecule has 0 bridgehead atoms. The second kappa shape index (κ2) is 11.0. The van der Waals surface area contributed by atoms with Crippen molar-refractivity contribution in [1.82, 2.24) is 9.80 Å². The summed E-state index contributed by atoms with van der Waals surface area (Å²) in [6.45, 7) is 4.31. The van der Waals surface area contributed by atoms with Crippen molar-refractivity contribution < 1.29 is 4.79 Å². The standard InChI is InChI=1S/C15H29N3OS.2ClH/c1-17-7-3-12(4-8-17)13-5-9-18(10-6-13)15(19)14(16)11-20-2;;/h12-14H,3-11,16H2,1-2H3;2*1H/t14-;;/m1../s1. The van der Waals surface area contributed by atoms with Crippen LogP contribution in [-0.2, 0) is 4.79 Å². The highest BCUT2D eigenvalue weighted by molar-refractivity contribution is 7.98. The summed E-state index contributed by atoms with van der Waals surface area (Å²) in [4.78, 5) is 16.6. The molecule has 2 N–H and O–H groups in total. The predicted octanol–water partition coefficient (Wildman–Crippen LogP) is 2.10. The van der Waals surface area contributed by atoms with E-state index in [2.05, 4.69) is 11.9 Å². The van der Waals surface area contributed by atoms with Crippen LogP contribution in [0, 0.1) is 11.8 Å². The number of hydrogen-bond donors (Lipinski definition) is 1. The van der Waals surface area contributed by atoms with Crippen LogP contribution in [0.25, 0.3) is 0 Å². The van der Waals surface area contributed by atoms with E-state index in [4.69, 9.17) is 5.73 Å². The third-order valence-electron chi connectivity index (χ3n) is 4.94. The summed E-state index contributed by atoms with van der Waals surface area (Å²) in [7, 11) is 2.21. The Kier molecular flexibility index (Phi) is 11.1. The molecule has 4 nitrogen and oxygen atoms in total. The SMILES string of the molecule is CSC[C@@H](N)C(=O)N1CCC(C2CCN(C)CC2)CC1.Cl.Cl. The zero-order valence-corrected chi connectivity index (χ0v) is 16.2. The van der Waals surface area contributed by atoms with Crippen molar-refractivity contribution in [3.63, 3.8) is 0 Å². The molecule has 0 aromatic rings. The Morgan fingerprint density at radius 1 is 1.09 bits per heavy atom. The van der Waals surface area contributed by atoms with Crippen molar-refractivity contribution >= 4 is 42.5 Å². The zero-order valence-electron chi connectivity index (χ0n) is 13.7. The number of piperidine rings is 2. The Balaban J connectivity index is 0.00000220. The minimum absolute atomic E-state index is 0. The minimum atomic E-state index is -0.315. The van der Waals surface area contributed by atoms with E-state index < -0.39 is 0 Å². The van der Waals surface area contributed by atoms with Gasteiger partial charge < -0.3 is 15.5 Å². The fourth-order valence-corrected chi connectivity index (χ4v) is 4.08. The molecule has 22 heavy (non-hydrogen) atoms. The monoisotopic (exact) mass is 371 g/mol. The van der Waals surface area contributed by atoms with Crippen molar-refractivity contribution in [2.75, 3.05) is 45.2 Å². The molecule has 2 heterocycles. The summed E-state index contributed by atoms with van der Waals surface area (Å²) in [5.74, 6) is 2.59. The molecule has 2 saturated heterocycles. The first-order chi connectivity index (χ1) is 9.61. The van der Waals surface area contributed by atoms with E-state index in [1.54, 1.807) is 11.8 Å². The van der Waals surface area contributed by atoms with Crippen molar-refractivity contribution in [2.24, 2.45) is 17.6 Å². The molecule has 0 spiro atoms. The van der Waals surface area contributed by atoms with Gasteiger partial charge in [-0.05, 0) is 63.9 Å². The fourth-order valence-electron chi connectivity index (χ4n) is 3.58. The van der Waals surface area contributed by atoms with Crippen LogP contribution < -0.4 is 5.73 Å². The molecule has 1 atom stereocenters. The molecule has 0 aromatic heterocycles. The first-order valence-electron chi connectivity index (χ1n) is 7.83. The summed E-state index contributed by atoms with van der Waals surface area (Å²) in [5, 5.41) is 0. The fraction of sp³-hybridized carbons (Fsp3) is 0.933. The number of thioether (sulfide) groups is 1. The van der Waals surface area contributed by atoms with Crippen LogP contribution in [0.15, 0.2) is 0 Å². The van der Waals surface area contributed by atoms with E-state index >= 15 is 0 Å². The van der Waals surface area contributed by atoms with Crippen LogP contribution >= 0.6 is 36.6 Å². The topological polar surface area (TPSA) is 49.6 Å². The van der Waals surface area contributed by atoms with Gasteiger partial charge in [-0.1, -0.05) is 0 Å². The van der Waals surface area contributed by atoms with Crippen LogP contribution in [0.4, 0.5) is 0 Å². The van der Waals surface area contributed by atoms with Crippen molar-refractivity contribution in [3.8, 4) is 0 Å². The number of carbonyl (C=O) groups is 1. The summed E-state index contributed by atoms with van der Waals surface area (Å²) in [6, 6.07) is -0.315. The number of nitrogens with zero attached hydrogens (tertiary/aromatic N) is 2. The molecule has 2 fully saturated rings. The number of halogens is 2. The summed E-state index contributed by atoms with van der Waals surface area (Å²) in [6.07, 6.45) is 7.01. The van der Waals surface area contributed by atoms with Crippen LogP contribution in [-0.4, -0.2) is 67.0 Å². The molecular formula is C15H31Cl2N3OS. The Labute approximate surface area is 151 Å². The molecule has 2 rings (SSSR count). The number of nitrogens with two attached hydrogens (primary N) is 1. The number of amides is 1. The van der Waals surface area contributed by atoms with Gasteiger partial charge in [0.25, 0.3) is 0 Å². The normalized spacial score (nSPS) is 22.6. The van der Waals surface area contributed by atoms with Gasteiger partial charge in [0.15, 0.2) is 0 Å². The highest BCUT2D eigenvalue weighted by Gasteiger charge is 2.31. The average Bonchev–Trinajstić information content (AvgIpc) is 2.48. The maximum atomic E-state index is 12.2. The molecule has 0 saturated carbocycles. The van der Waals surface area contributed by atoms with Gasteiger partial charge >= 0.3 is 0 Å². The highest BCUT2D eigenvalue weighted by atomic mass is 35.5. The summed E-state index contributed by atoms with van der Waals surface area (Å²) < 4.78 is 0. The molecule has 2 aliphatic heterocycles. The maximum Gasteiger partial charge on any atom is 0.240 e. The van der Waals surface area contributed by atoms with E-state index in [0.29, 0.717) is 0 Å². The van der Waals surface area contributed by atoms with E-state index in [0.717, 1.165) is 30.7 Å². The van der Waals surface area contributed by atoms with Gasteiger partial charge in [-0.15, -0.1) is 24.8 Å². The molecule has 0 aromatic carbocycles. The molecular weight excluding hydrogens is 341 g/mol. The lowest BCUT2D eigenvalue weighted by molar-refractivity contribution is -0.133. The molecule has 2 aliphatic rings. The van der Waals surface area contributed by atoms with E-state index in [1.807, 2.05) is 11.2 Å². The Hall–Kier alpha value is 0.320. The van der Waals surface area contributed by atoms with Crippen LogP contribution in [0.1, 0.15) is 25.7 Å². The Bertz CT molecular complexity index is 320. The molecule has 0 aliphatic carbocycles. The van der Waals surface area contributed by atoms with Crippen LogP contribution in [0.2, 0.25) is 0 Å². The summed E-state index contributed by atoms with van der Waals surface area (Å²) in [5.41, 5.74) is 5.93. The molecule has 1 amide bonds. The summed E-state index contributed by atoms with van der Waals surface area (Å²) >= 11 is 1.65. The van der Waals surface area contributed by atoms with Crippen molar-refractivity contribution in [3.05, 3.63) is 0 Å². The van der Waals surface area contributed by atoms with Crippen molar-refractivity contribution in [2.45, 2.75) is 31.7 Å². The average molecular weight is 372 g/mol. The first-order valence-corrected chi connectivity index (χ1v) is 9.23. The molecule has 132 valence electrons. The first kappa shape index (κ1) is 22.3. The zero-order chi connectivity index (χ0) is 14.5. The van der Waals surface area contributed by atoms with Gasteiger partial charge in [-0.3, -0.25) is 4.79 Å². The van der Waals surface area contributed by atoms with Gasteiger partial charge in [-0.2, -0.15) is 11.8 Å². The van der Waals surface area contributed by atoms with Crippen molar-refractivity contribution in [1.29, 1.82) is 0 Å². The van der Waals surface area contributed by atoms with E-state index in [1.165, 1.54) is 38.8 Å². The second-order valence-electron chi connectivity index (χ2n) is 6.37. The molecule has 7 heteroatoms. The van der Waals surface area contributed by atoms with Gasteiger partial charge in [-0.25, -0.2) is 0 Å². The van der Waals surface area contributed by atoms with Crippen LogP contribution in [0.3, 0.4) is 0 Å². The van der Waals surface area contributed by atoms with E-state index in [9.17, 15) is 4.79 Å². The number of likely N-dealkylation sites (tertiary alicyclic amines) is 2. The second-order valence-corrected chi connectivity index (χ2v) is 7.28. The van der Waals surface area contributed by atoms with Gasteiger partial charge in [0.2, 0.25) is 5.91 Å². The quantitative estimate of drug-likeness (QED) is 0.821. The van der Waals surface area contributed by atoms with Crippen LogP contribution in [0.5, 0.6) is 0 Å². The lowest BCUT2D eigenvalue weighted by Gasteiger charge is -2.40.